The van der Waals surface area contributed by atoms with Crippen LogP contribution in [0.25, 0.3) is 0 Å². The first-order valence-corrected chi connectivity index (χ1v) is 3.12. The third kappa shape index (κ3) is 0.900. The van der Waals surface area contributed by atoms with Crippen molar-refractivity contribution in [1.29, 1.82) is 0 Å². The summed E-state index contributed by atoms with van der Waals surface area (Å²) in [4.78, 5) is 10.8. The highest BCUT2D eigenvalue weighted by Gasteiger charge is 2.33. The third-order valence-corrected chi connectivity index (χ3v) is 1.72. The van der Waals surface area contributed by atoms with E-state index >= 15 is 0 Å². The Bertz CT molecular complexity index is 160. The van der Waals surface area contributed by atoms with Crippen molar-refractivity contribution in [1.82, 2.24) is 0 Å². The summed E-state index contributed by atoms with van der Waals surface area (Å²) in [5.74, 6) is -0.0787. The summed E-state index contributed by atoms with van der Waals surface area (Å²) in [5.41, 5.74) is -1.12. The lowest BCUT2D eigenvalue weighted by Gasteiger charge is -2.14. The SMILES string of the molecule is CC[C@@]1(O)C=CCC1=O. The molecule has 0 heterocycles. The van der Waals surface area contributed by atoms with Crippen LogP contribution in [0, 0.1) is 0 Å². The monoisotopic (exact) mass is 126 g/mol. The molecule has 1 N–H and O–H groups in total. The fraction of sp³-hybridized carbons (Fsp3) is 0.571. The molecule has 0 aromatic heterocycles. The number of rotatable bonds is 1. The van der Waals surface area contributed by atoms with Crippen molar-refractivity contribution in [3.8, 4) is 0 Å². The summed E-state index contributed by atoms with van der Waals surface area (Å²) in [5, 5.41) is 9.33. The first-order chi connectivity index (χ1) is 4.19. The number of carbonyl (C=O) groups is 1. The molecular formula is C7H10O2. The van der Waals surface area contributed by atoms with Crippen LogP contribution in [0.15, 0.2) is 12.2 Å². The molecule has 0 fully saturated rings. The number of carbonyl (C=O) groups excluding carboxylic acids is 1. The normalized spacial score (nSPS) is 33.8. The molecule has 0 aromatic rings. The van der Waals surface area contributed by atoms with Crippen molar-refractivity contribution < 1.29 is 9.90 Å². The van der Waals surface area contributed by atoms with Gasteiger partial charge in [0.2, 0.25) is 0 Å². The van der Waals surface area contributed by atoms with Gasteiger partial charge in [0.1, 0.15) is 5.60 Å². The molecule has 1 rings (SSSR count). The summed E-state index contributed by atoms with van der Waals surface area (Å²) in [7, 11) is 0. The highest BCUT2D eigenvalue weighted by Crippen LogP contribution is 2.21. The second kappa shape index (κ2) is 1.95. The topological polar surface area (TPSA) is 37.3 Å². The van der Waals surface area contributed by atoms with Crippen LogP contribution >= 0.6 is 0 Å². The van der Waals surface area contributed by atoms with Gasteiger partial charge in [-0.15, -0.1) is 0 Å². The van der Waals surface area contributed by atoms with Crippen molar-refractivity contribution in [3.05, 3.63) is 12.2 Å². The van der Waals surface area contributed by atoms with Crippen molar-refractivity contribution in [2.24, 2.45) is 0 Å². The molecule has 0 saturated carbocycles. The maximum Gasteiger partial charge on any atom is 0.171 e. The Morgan fingerprint density at radius 2 is 2.56 bits per heavy atom. The van der Waals surface area contributed by atoms with Gasteiger partial charge in [0.25, 0.3) is 0 Å². The predicted octanol–water partition coefficient (Wildman–Crippen LogP) is 0.656. The van der Waals surface area contributed by atoms with Gasteiger partial charge in [-0.05, 0) is 12.5 Å². The van der Waals surface area contributed by atoms with Crippen LogP contribution < -0.4 is 0 Å². The summed E-state index contributed by atoms with van der Waals surface area (Å²) >= 11 is 0. The van der Waals surface area contributed by atoms with E-state index in [0.29, 0.717) is 12.8 Å². The molecule has 50 valence electrons. The van der Waals surface area contributed by atoms with E-state index in [1.165, 1.54) is 0 Å². The van der Waals surface area contributed by atoms with E-state index in [1.54, 1.807) is 19.1 Å². The average molecular weight is 126 g/mol. The van der Waals surface area contributed by atoms with Crippen LogP contribution in [0.5, 0.6) is 0 Å². The minimum Gasteiger partial charge on any atom is -0.378 e. The first-order valence-electron chi connectivity index (χ1n) is 3.12. The van der Waals surface area contributed by atoms with Crippen LogP contribution in [-0.2, 0) is 4.79 Å². The van der Waals surface area contributed by atoms with Gasteiger partial charge in [0, 0.05) is 6.42 Å². The van der Waals surface area contributed by atoms with Crippen molar-refractivity contribution in [2.45, 2.75) is 25.4 Å². The Morgan fingerprint density at radius 3 is 2.78 bits per heavy atom. The standard InChI is InChI=1S/C7H10O2/c1-2-7(9)5-3-4-6(7)8/h3,5,9H,2,4H2,1H3/t7-/m1/s1. The second-order valence-electron chi connectivity index (χ2n) is 2.31. The van der Waals surface area contributed by atoms with Crippen molar-refractivity contribution in [3.63, 3.8) is 0 Å². The molecule has 1 aliphatic rings. The quantitative estimate of drug-likeness (QED) is 0.524. The van der Waals surface area contributed by atoms with Gasteiger partial charge in [-0.25, -0.2) is 0 Å². The van der Waals surface area contributed by atoms with E-state index in [1.807, 2.05) is 0 Å². The molecule has 2 nitrogen and oxygen atoms in total. The Hall–Kier alpha value is -0.630. The van der Waals surface area contributed by atoms with E-state index in [9.17, 15) is 9.90 Å². The largest absolute Gasteiger partial charge is 0.378 e. The van der Waals surface area contributed by atoms with Crippen LogP contribution in [0.1, 0.15) is 19.8 Å². The molecule has 9 heavy (non-hydrogen) atoms. The molecule has 0 amide bonds. The van der Waals surface area contributed by atoms with E-state index in [0.717, 1.165) is 0 Å². The molecule has 0 spiro atoms. The zero-order valence-electron chi connectivity index (χ0n) is 5.42. The van der Waals surface area contributed by atoms with Gasteiger partial charge in [-0.3, -0.25) is 4.79 Å². The van der Waals surface area contributed by atoms with E-state index < -0.39 is 5.60 Å². The van der Waals surface area contributed by atoms with E-state index in [2.05, 4.69) is 0 Å². The van der Waals surface area contributed by atoms with Gasteiger partial charge in [0.05, 0.1) is 0 Å². The van der Waals surface area contributed by atoms with E-state index in [-0.39, 0.29) is 5.78 Å². The minimum atomic E-state index is -1.12. The molecule has 1 aliphatic carbocycles. The van der Waals surface area contributed by atoms with Gasteiger partial charge in [-0.1, -0.05) is 13.0 Å². The fourth-order valence-corrected chi connectivity index (χ4v) is 0.946. The first kappa shape index (κ1) is 6.49. The van der Waals surface area contributed by atoms with Crippen LogP contribution in [0.4, 0.5) is 0 Å². The zero-order valence-corrected chi connectivity index (χ0v) is 5.42. The second-order valence-corrected chi connectivity index (χ2v) is 2.31. The highest BCUT2D eigenvalue weighted by atomic mass is 16.3. The maximum absolute atomic E-state index is 10.8. The third-order valence-electron chi connectivity index (χ3n) is 1.72. The number of hydrogen-bond donors (Lipinski definition) is 1. The molecule has 0 saturated heterocycles. The number of Topliss-reactive ketones (excluding diaryl/α,β-unsaturated/α-hetero) is 1. The molecule has 2 heteroatoms. The minimum absolute atomic E-state index is 0.0787. The molecular weight excluding hydrogens is 116 g/mol. The Morgan fingerprint density at radius 1 is 1.89 bits per heavy atom. The van der Waals surface area contributed by atoms with Gasteiger partial charge in [-0.2, -0.15) is 0 Å². The van der Waals surface area contributed by atoms with Crippen LogP contribution in [-0.4, -0.2) is 16.5 Å². The van der Waals surface area contributed by atoms with Gasteiger partial charge < -0.3 is 5.11 Å². The summed E-state index contributed by atoms with van der Waals surface area (Å²) in [6.45, 7) is 1.80. The molecule has 0 radical (unpaired) electrons. The predicted molar refractivity (Wildman–Crippen MR) is 34.0 cm³/mol. The molecule has 1 atom stereocenters. The molecule has 0 unspecified atom stereocenters. The lowest BCUT2D eigenvalue weighted by molar-refractivity contribution is -0.130. The van der Waals surface area contributed by atoms with E-state index in [4.69, 9.17) is 0 Å². The fourth-order valence-electron chi connectivity index (χ4n) is 0.946. The molecule has 0 aromatic carbocycles. The summed E-state index contributed by atoms with van der Waals surface area (Å²) in [6, 6.07) is 0. The lowest BCUT2D eigenvalue weighted by Crippen LogP contribution is -2.31. The smallest absolute Gasteiger partial charge is 0.171 e. The number of allylic oxidation sites excluding steroid dienone is 1. The molecule has 0 bridgehead atoms. The Balaban J connectivity index is 2.78. The van der Waals surface area contributed by atoms with Gasteiger partial charge in [0.15, 0.2) is 5.78 Å². The highest BCUT2D eigenvalue weighted by molar-refractivity contribution is 5.92. The number of ketones is 1. The Kier molecular flexibility index (Phi) is 1.41. The summed E-state index contributed by atoms with van der Waals surface area (Å²) in [6.07, 6.45) is 4.17. The zero-order chi connectivity index (χ0) is 6.91. The van der Waals surface area contributed by atoms with Crippen molar-refractivity contribution >= 4 is 5.78 Å². The average Bonchev–Trinajstić information content (AvgIpc) is 2.15. The van der Waals surface area contributed by atoms with Crippen LogP contribution in [0.2, 0.25) is 0 Å². The van der Waals surface area contributed by atoms with Gasteiger partial charge >= 0.3 is 0 Å². The number of hydrogen-bond acceptors (Lipinski definition) is 2. The Labute approximate surface area is 54.2 Å². The number of aliphatic hydroxyl groups is 1. The maximum atomic E-state index is 10.8. The summed E-state index contributed by atoms with van der Waals surface area (Å²) < 4.78 is 0. The van der Waals surface area contributed by atoms with Crippen molar-refractivity contribution in [2.75, 3.05) is 0 Å². The van der Waals surface area contributed by atoms with Crippen LogP contribution in [0.3, 0.4) is 0 Å². The lowest BCUT2D eigenvalue weighted by atomic mass is 10.00. The molecule has 0 aliphatic heterocycles.